The highest BCUT2D eigenvalue weighted by Crippen LogP contribution is 2.17. The highest BCUT2D eigenvalue weighted by Gasteiger charge is 2.08. The number of hydrogen-bond acceptors (Lipinski definition) is 2. The van der Waals surface area contributed by atoms with Crippen molar-refractivity contribution in [2.75, 3.05) is 37.1 Å². The molecule has 0 amide bonds. The summed E-state index contributed by atoms with van der Waals surface area (Å²) in [6.45, 7) is 4.53. The van der Waals surface area contributed by atoms with Crippen molar-refractivity contribution in [2.45, 2.75) is 6.92 Å². The lowest BCUT2D eigenvalue weighted by atomic mass is 10.2. The number of likely N-dealkylation sites (N-methyl/N-ethyl adjacent to an activating group) is 1. The second-order valence-corrected chi connectivity index (χ2v) is 3.71. The second-order valence-electron chi connectivity index (χ2n) is 3.33. The first-order valence-corrected chi connectivity index (χ1v) is 5.96. The van der Waals surface area contributed by atoms with Gasteiger partial charge in [-0.05, 0) is 19.1 Å². The van der Waals surface area contributed by atoms with Gasteiger partial charge in [-0.2, -0.15) is 0 Å². The SMILES string of the molecule is CCN(CCOCCCl)c1ccccc1F. The van der Waals surface area contributed by atoms with Crippen LogP contribution < -0.4 is 4.90 Å². The van der Waals surface area contributed by atoms with Gasteiger partial charge in [0.25, 0.3) is 0 Å². The van der Waals surface area contributed by atoms with E-state index in [1.807, 2.05) is 17.9 Å². The molecule has 4 heteroatoms. The molecule has 0 heterocycles. The van der Waals surface area contributed by atoms with Gasteiger partial charge in [0, 0.05) is 19.0 Å². The van der Waals surface area contributed by atoms with Crippen molar-refractivity contribution in [1.29, 1.82) is 0 Å². The molecule has 1 aromatic rings. The molecule has 0 saturated carbocycles. The first-order chi connectivity index (χ1) is 7.79. The average Bonchev–Trinajstić information content (AvgIpc) is 2.31. The van der Waals surface area contributed by atoms with Gasteiger partial charge in [0.05, 0.1) is 18.9 Å². The molecule has 0 aliphatic carbocycles. The minimum absolute atomic E-state index is 0.193. The van der Waals surface area contributed by atoms with Crippen LogP contribution in [0.3, 0.4) is 0 Å². The minimum Gasteiger partial charge on any atom is -0.378 e. The van der Waals surface area contributed by atoms with Crippen molar-refractivity contribution in [2.24, 2.45) is 0 Å². The van der Waals surface area contributed by atoms with E-state index in [0.29, 0.717) is 31.3 Å². The third-order valence-corrected chi connectivity index (χ3v) is 2.46. The number of hydrogen-bond donors (Lipinski definition) is 0. The fraction of sp³-hybridized carbons (Fsp3) is 0.500. The third-order valence-electron chi connectivity index (χ3n) is 2.30. The summed E-state index contributed by atoms with van der Waals surface area (Å²) >= 11 is 5.49. The van der Waals surface area contributed by atoms with Gasteiger partial charge in [-0.1, -0.05) is 12.1 Å². The van der Waals surface area contributed by atoms with E-state index in [4.69, 9.17) is 16.3 Å². The Bertz CT molecular complexity index is 309. The van der Waals surface area contributed by atoms with Gasteiger partial charge in [-0.3, -0.25) is 0 Å². The first-order valence-electron chi connectivity index (χ1n) is 5.42. The Morgan fingerprint density at radius 1 is 1.31 bits per heavy atom. The molecule has 0 atom stereocenters. The van der Waals surface area contributed by atoms with E-state index < -0.39 is 0 Å². The van der Waals surface area contributed by atoms with Crippen LogP contribution in [-0.4, -0.2) is 32.2 Å². The van der Waals surface area contributed by atoms with E-state index >= 15 is 0 Å². The summed E-state index contributed by atoms with van der Waals surface area (Å²) in [5, 5.41) is 0. The largest absolute Gasteiger partial charge is 0.378 e. The Kier molecular flexibility index (Phi) is 6.19. The molecule has 1 aromatic carbocycles. The van der Waals surface area contributed by atoms with Crippen LogP contribution in [0.25, 0.3) is 0 Å². The molecule has 0 aliphatic heterocycles. The molecule has 0 aliphatic rings. The molecule has 0 saturated heterocycles. The molecule has 0 radical (unpaired) electrons. The molecular formula is C12H17ClFNO. The van der Waals surface area contributed by atoms with E-state index in [2.05, 4.69) is 0 Å². The van der Waals surface area contributed by atoms with Crippen molar-refractivity contribution >= 4 is 17.3 Å². The van der Waals surface area contributed by atoms with Crippen LogP contribution in [0.4, 0.5) is 10.1 Å². The van der Waals surface area contributed by atoms with Gasteiger partial charge in [-0.15, -0.1) is 11.6 Å². The van der Waals surface area contributed by atoms with Crippen molar-refractivity contribution in [3.8, 4) is 0 Å². The number of alkyl halides is 1. The molecule has 0 fully saturated rings. The van der Waals surface area contributed by atoms with Gasteiger partial charge in [0.1, 0.15) is 5.82 Å². The molecule has 1 rings (SSSR count). The van der Waals surface area contributed by atoms with Crippen LogP contribution >= 0.6 is 11.6 Å². The predicted octanol–water partition coefficient (Wildman–Crippen LogP) is 2.91. The molecule has 0 aromatic heterocycles. The predicted molar refractivity (Wildman–Crippen MR) is 65.8 cm³/mol. The number of benzene rings is 1. The van der Waals surface area contributed by atoms with Gasteiger partial charge < -0.3 is 9.64 Å². The van der Waals surface area contributed by atoms with E-state index in [-0.39, 0.29) is 5.82 Å². The smallest absolute Gasteiger partial charge is 0.146 e. The van der Waals surface area contributed by atoms with Gasteiger partial charge in [0.2, 0.25) is 0 Å². The fourth-order valence-corrected chi connectivity index (χ4v) is 1.60. The van der Waals surface area contributed by atoms with Crippen LogP contribution in [0.1, 0.15) is 6.92 Å². The molecule has 0 spiro atoms. The monoisotopic (exact) mass is 245 g/mol. The lowest BCUT2D eigenvalue weighted by molar-refractivity contribution is 0.155. The van der Waals surface area contributed by atoms with Crippen molar-refractivity contribution in [3.63, 3.8) is 0 Å². The second kappa shape index (κ2) is 7.47. The Morgan fingerprint density at radius 3 is 2.69 bits per heavy atom. The summed E-state index contributed by atoms with van der Waals surface area (Å²) in [7, 11) is 0. The molecule has 90 valence electrons. The zero-order chi connectivity index (χ0) is 11.8. The maximum atomic E-state index is 13.5. The van der Waals surface area contributed by atoms with Crippen LogP contribution in [0.5, 0.6) is 0 Å². The molecular weight excluding hydrogens is 229 g/mol. The zero-order valence-corrected chi connectivity index (χ0v) is 10.2. The Balaban J connectivity index is 2.51. The number of ether oxygens (including phenoxy) is 1. The Morgan fingerprint density at radius 2 is 2.06 bits per heavy atom. The average molecular weight is 246 g/mol. The number of rotatable bonds is 7. The fourth-order valence-electron chi connectivity index (χ4n) is 1.49. The molecule has 2 nitrogen and oxygen atoms in total. The zero-order valence-electron chi connectivity index (χ0n) is 9.46. The lowest BCUT2D eigenvalue weighted by Gasteiger charge is -2.23. The van der Waals surface area contributed by atoms with E-state index in [0.717, 1.165) is 6.54 Å². The Labute approximate surface area is 101 Å². The number of anilines is 1. The van der Waals surface area contributed by atoms with Gasteiger partial charge in [0.15, 0.2) is 0 Å². The summed E-state index contributed by atoms with van der Waals surface area (Å²) in [5.41, 5.74) is 0.625. The van der Waals surface area contributed by atoms with Gasteiger partial charge in [-0.25, -0.2) is 4.39 Å². The number of para-hydroxylation sites is 1. The van der Waals surface area contributed by atoms with Crippen LogP contribution in [0.2, 0.25) is 0 Å². The summed E-state index contributed by atoms with van der Waals surface area (Å²) in [6, 6.07) is 6.77. The van der Waals surface area contributed by atoms with Gasteiger partial charge >= 0.3 is 0 Å². The highest BCUT2D eigenvalue weighted by atomic mass is 35.5. The van der Waals surface area contributed by atoms with Crippen LogP contribution in [0, 0.1) is 5.82 Å². The van der Waals surface area contributed by atoms with E-state index in [9.17, 15) is 4.39 Å². The van der Waals surface area contributed by atoms with Crippen molar-refractivity contribution < 1.29 is 9.13 Å². The highest BCUT2D eigenvalue weighted by molar-refractivity contribution is 6.17. The molecule has 16 heavy (non-hydrogen) atoms. The maximum Gasteiger partial charge on any atom is 0.146 e. The van der Waals surface area contributed by atoms with Crippen LogP contribution in [0.15, 0.2) is 24.3 Å². The van der Waals surface area contributed by atoms with Crippen molar-refractivity contribution in [3.05, 3.63) is 30.1 Å². The number of nitrogens with zero attached hydrogens (tertiary/aromatic N) is 1. The lowest BCUT2D eigenvalue weighted by Crippen LogP contribution is -2.28. The summed E-state index contributed by atoms with van der Waals surface area (Å²) in [4.78, 5) is 1.95. The van der Waals surface area contributed by atoms with E-state index in [1.165, 1.54) is 6.07 Å². The summed E-state index contributed by atoms with van der Waals surface area (Å²) < 4.78 is 18.8. The molecule has 0 N–H and O–H groups in total. The summed E-state index contributed by atoms with van der Waals surface area (Å²) in [6.07, 6.45) is 0. The topological polar surface area (TPSA) is 12.5 Å². The standard InChI is InChI=1S/C12H17ClFNO/c1-2-15(8-10-16-9-7-13)12-6-4-3-5-11(12)14/h3-6H,2,7-10H2,1H3. The first kappa shape index (κ1) is 13.3. The third kappa shape index (κ3) is 3.99. The normalized spacial score (nSPS) is 10.4. The quantitative estimate of drug-likeness (QED) is 0.541. The molecule has 0 unspecified atom stereocenters. The summed E-state index contributed by atoms with van der Waals surface area (Å²) in [5.74, 6) is 0.299. The van der Waals surface area contributed by atoms with Crippen LogP contribution in [-0.2, 0) is 4.74 Å². The number of halogens is 2. The van der Waals surface area contributed by atoms with E-state index in [1.54, 1.807) is 12.1 Å². The Hall–Kier alpha value is -0.800. The van der Waals surface area contributed by atoms with Crippen molar-refractivity contribution in [1.82, 2.24) is 0 Å². The maximum absolute atomic E-state index is 13.5. The molecule has 0 bridgehead atoms. The minimum atomic E-state index is -0.193.